The lowest BCUT2D eigenvalue weighted by atomic mass is 10.1. The molecular weight excluding hydrogens is 346 g/mol. The van der Waals surface area contributed by atoms with Crippen LogP contribution in [0, 0.1) is 13.8 Å². The quantitative estimate of drug-likeness (QED) is 0.760. The van der Waals surface area contributed by atoms with Gasteiger partial charge in [0.2, 0.25) is 12.7 Å². The van der Waals surface area contributed by atoms with E-state index in [0.29, 0.717) is 34.8 Å². The zero-order valence-corrected chi connectivity index (χ0v) is 15.3. The fourth-order valence-electron chi connectivity index (χ4n) is 2.85. The standard InChI is InChI=1S/C20H19N3O4/c1-4-25-20-18(22-14-7-11(2)12(3)8-15(14)23-20)19(24)21-13-5-6-16-17(9-13)27-10-26-16/h5-9H,4,10H2,1-3H3,(H,21,24). The molecule has 3 aromatic rings. The average Bonchev–Trinajstić information content (AvgIpc) is 3.10. The number of hydrogen-bond acceptors (Lipinski definition) is 6. The number of anilines is 1. The Kier molecular flexibility index (Phi) is 4.27. The van der Waals surface area contributed by atoms with Crippen molar-refractivity contribution in [2.75, 3.05) is 18.7 Å². The first-order valence-corrected chi connectivity index (χ1v) is 8.68. The molecule has 0 bridgehead atoms. The Labute approximate surface area is 156 Å². The van der Waals surface area contributed by atoms with Crippen LogP contribution in [0.15, 0.2) is 30.3 Å². The monoisotopic (exact) mass is 365 g/mol. The van der Waals surface area contributed by atoms with Crippen molar-refractivity contribution in [1.82, 2.24) is 9.97 Å². The second-order valence-electron chi connectivity index (χ2n) is 6.26. The number of aryl methyl sites for hydroxylation is 2. The van der Waals surface area contributed by atoms with Gasteiger partial charge in [0.25, 0.3) is 5.91 Å². The van der Waals surface area contributed by atoms with Crippen LogP contribution in [0.1, 0.15) is 28.5 Å². The second kappa shape index (κ2) is 6.75. The van der Waals surface area contributed by atoms with E-state index in [9.17, 15) is 4.79 Å². The molecule has 0 aliphatic carbocycles. The third kappa shape index (κ3) is 3.23. The lowest BCUT2D eigenvalue weighted by Gasteiger charge is -2.11. The van der Waals surface area contributed by atoms with E-state index in [1.54, 1.807) is 18.2 Å². The molecule has 1 N–H and O–H groups in total. The van der Waals surface area contributed by atoms with Crippen LogP contribution < -0.4 is 19.5 Å². The number of nitrogens with zero attached hydrogens (tertiary/aromatic N) is 2. The van der Waals surface area contributed by atoms with Crippen LogP contribution in [0.25, 0.3) is 11.0 Å². The summed E-state index contributed by atoms with van der Waals surface area (Å²) in [5.74, 6) is 1.06. The van der Waals surface area contributed by atoms with E-state index in [4.69, 9.17) is 14.2 Å². The van der Waals surface area contributed by atoms with E-state index in [-0.39, 0.29) is 18.4 Å². The van der Waals surface area contributed by atoms with Crippen LogP contribution in [0.3, 0.4) is 0 Å². The zero-order chi connectivity index (χ0) is 19.0. The van der Waals surface area contributed by atoms with Gasteiger partial charge in [0, 0.05) is 11.8 Å². The van der Waals surface area contributed by atoms with E-state index >= 15 is 0 Å². The largest absolute Gasteiger partial charge is 0.476 e. The summed E-state index contributed by atoms with van der Waals surface area (Å²) in [4.78, 5) is 21.8. The number of benzene rings is 2. The molecule has 0 radical (unpaired) electrons. The number of fused-ring (bicyclic) bond motifs is 2. The molecule has 0 atom stereocenters. The SMILES string of the molecule is CCOc1nc2cc(C)c(C)cc2nc1C(=O)Nc1ccc2c(c1)OCO2. The van der Waals surface area contributed by atoms with Gasteiger partial charge in [0.05, 0.1) is 17.6 Å². The summed E-state index contributed by atoms with van der Waals surface area (Å²) >= 11 is 0. The minimum atomic E-state index is -0.398. The summed E-state index contributed by atoms with van der Waals surface area (Å²) in [6, 6.07) is 9.07. The molecule has 0 unspecified atom stereocenters. The predicted octanol–water partition coefficient (Wildman–Crippen LogP) is 3.63. The van der Waals surface area contributed by atoms with Crippen molar-refractivity contribution in [1.29, 1.82) is 0 Å². The molecule has 0 spiro atoms. The van der Waals surface area contributed by atoms with Crippen molar-refractivity contribution in [3.05, 3.63) is 47.2 Å². The minimum Gasteiger partial charge on any atom is -0.476 e. The smallest absolute Gasteiger partial charge is 0.279 e. The first-order valence-electron chi connectivity index (χ1n) is 8.68. The molecule has 7 nitrogen and oxygen atoms in total. The van der Waals surface area contributed by atoms with Crippen LogP contribution in [0.2, 0.25) is 0 Å². The first-order chi connectivity index (χ1) is 13.0. The lowest BCUT2D eigenvalue weighted by molar-refractivity contribution is 0.101. The van der Waals surface area contributed by atoms with Gasteiger partial charge in [-0.15, -0.1) is 0 Å². The number of amides is 1. The number of hydrogen-bond donors (Lipinski definition) is 1. The third-order valence-electron chi connectivity index (χ3n) is 4.37. The van der Waals surface area contributed by atoms with Crippen molar-refractivity contribution in [3.63, 3.8) is 0 Å². The maximum absolute atomic E-state index is 12.8. The fraction of sp³-hybridized carbons (Fsp3) is 0.250. The van der Waals surface area contributed by atoms with Gasteiger partial charge >= 0.3 is 0 Å². The summed E-state index contributed by atoms with van der Waals surface area (Å²) in [5, 5.41) is 2.82. The summed E-state index contributed by atoms with van der Waals surface area (Å²) in [6.45, 7) is 6.41. The Morgan fingerprint density at radius 3 is 2.52 bits per heavy atom. The number of aromatic nitrogens is 2. The minimum absolute atomic E-state index is 0.144. The molecule has 7 heteroatoms. The highest BCUT2D eigenvalue weighted by molar-refractivity contribution is 6.05. The molecule has 1 aliphatic rings. The normalized spacial score (nSPS) is 12.3. The van der Waals surface area contributed by atoms with Gasteiger partial charge in [0.1, 0.15) is 0 Å². The maximum Gasteiger partial charge on any atom is 0.279 e. The Morgan fingerprint density at radius 2 is 1.78 bits per heavy atom. The highest BCUT2D eigenvalue weighted by Gasteiger charge is 2.20. The van der Waals surface area contributed by atoms with Gasteiger partial charge in [-0.1, -0.05) is 0 Å². The second-order valence-corrected chi connectivity index (χ2v) is 6.26. The summed E-state index contributed by atoms with van der Waals surface area (Å²) in [7, 11) is 0. The van der Waals surface area contributed by atoms with E-state index in [1.807, 2.05) is 32.9 Å². The Bertz CT molecular complexity index is 1050. The van der Waals surface area contributed by atoms with E-state index < -0.39 is 5.91 Å². The van der Waals surface area contributed by atoms with Gasteiger partial charge in [0.15, 0.2) is 17.2 Å². The predicted molar refractivity (Wildman–Crippen MR) is 101 cm³/mol. The summed E-state index contributed by atoms with van der Waals surface area (Å²) in [5.41, 5.74) is 4.26. The molecule has 0 saturated carbocycles. The Hall–Kier alpha value is -3.35. The number of nitrogens with one attached hydrogen (secondary N) is 1. The third-order valence-corrected chi connectivity index (χ3v) is 4.37. The van der Waals surface area contributed by atoms with Crippen molar-refractivity contribution in [2.24, 2.45) is 0 Å². The van der Waals surface area contributed by atoms with Gasteiger partial charge in [-0.25, -0.2) is 9.97 Å². The molecule has 27 heavy (non-hydrogen) atoms. The van der Waals surface area contributed by atoms with Crippen LogP contribution in [0.5, 0.6) is 17.4 Å². The molecule has 1 aromatic heterocycles. The number of carbonyl (C=O) groups excluding carboxylic acids is 1. The van der Waals surface area contributed by atoms with Crippen molar-refractivity contribution in [2.45, 2.75) is 20.8 Å². The van der Waals surface area contributed by atoms with Crippen LogP contribution in [-0.4, -0.2) is 29.3 Å². The highest BCUT2D eigenvalue weighted by Crippen LogP contribution is 2.34. The molecule has 2 aromatic carbocycles. The maximum atomic E-state index is 12.8. The molecule has 1 amide bonds. The molecule has 138 valence electrons. The molecule has 4 rings (SSSR count). The molecular formula is C20H19N3O4. The van der Waals surface area contributed by atoms with Gasteiger partial charge in [-0.05, 0) is 56.2 Å². The lowest BCUT2D eigenvalue weighted by Crippen LogP contribution is -2.16. The molecule has 0 fully saturated rings. The van der Waals surface area contributed by atoms with Crippen LogP contribution in [0.4, 0.5) is 5.69 Å². The Morgan fingerprint density at radius 1 is 1.07 bits per heavy atom. The van der Waals surface area contributed by atoms with Gasteiger partial charge < -0.3 is 19.5 Å². The van der Waals surface area contributed by atoms with E-state index in [0.717, 1.165) is 11.1 Å². The van der Waals surface area contributed by atoms with Crippen molar-refractivity contribution >= 4 is 22.6 Å². The summed E-state index contributed by atoms with van der Waals surface area (Å²) in [6.07, 6.45) is 0. The molecule has 0 saturated heterocycles. The Balaban J connectivity index is 1.71. The number of rotatable bonds is 4. The van der Waals surface area contributed by atoms with E-state index in [1.165, 1.54) is 0 Å². The van der Waals surface area contributed by atoms with E-state index in [2.05, 4.69) is 15.3 Å². The van der Waals surface area contributed by atoms with Gasteiger partial charge in [-0.3, -0.25) is 4.79 Å². The van der Waals surface area contributed by atoms with Gasteiger partial charge in [-0.2, -0.15) is 0 Å². The average molecular weight is 365 g/mol. The van der Waals surface area contributed by atoms with Crippen LogP contribution in [-0.2, 0) is 0 Å². The number of carbonyl (C=O) groups is 1. The summed E-state index contributed by atoms with van der Waals surface area (Å²) < 4.78 is 16.2. The fourth-order valence-corrected chi connectivity index (χ4v) is 2.85. The molecule has 2 heterocycles. The zero-order valence-electron chi connectivity index (χ0n) is 15.3. The highest BCUT2D eigenvalue weighted by atomic mass is 16.7. The van der Waals surface area contributed by atoms with Crippen molar-refractivity contribution < 1.29 is 19.0 Å². The topological polar surface area (TPSA) is 82.6 Å². The van der Waals surface area contributed by atoms with Crippen LogP contribution >= 0.6 is 0 Å². The van der Waals surface area contributed by atoms with Crippen molar-refractivity contribution in [3.8, 4) is 17.4 Å². The number of ether oxygens (including phenoxy) is 3. The molecule has 1 aliphatic heterocycles. The first kappa shape index (κ1) is 17.1.